The first-order valence-electron chi connectivity index (χ1n) is 7.64. The summed E-state index contributed by atoms with van der Waals surface area (Å²) in [5.74, 6) is 1.79. The Balaban J connectivity index is 0.00000147. The molecular weight excluding hydrogens is 270 g/mol. The third kappa shape index (κ3) is 2.82. The van der Waals surface area contributed by atoms with Crippen LogP contribution in [0.3, 0.4) is 0 Å². The van der Waals surface area contributed by atoms with E-state index in [0.29, 0.717) is 5.92 Å². The summed E-state index contributed by atoms with van der Waals surface area (Å²) in [6, 6.07) is 8.69. The van der Waals surface area contributed by atoms with Gasteiger partial charge < -0.3 is 9.64 Å². The highest BCUT2D eigenvalue weighted by Gasteiger charge is 2.48. The molecule has 0 saturated heterocycles. The predicted octanol–water partition coefficient (Wildman–Crippen LogP) is 4.24. The van der Waals surface area contributed by atoms with Gasteiger partial charge in [0.1, 0.15) is 11.4 Å². The van der Waals surface area contributed by atoms with Gasteiger partial charge in [0.2, 0.25) is 0 Å². The Morgan fingerprint density at radius 1 is 1.25 bits per heavy atom. The van der Waals surface area contributed by atoms with Crippen molar-refractivity contribution in [1.29, 1.82) is 0 Å². The molecule has 0 N–H and O–H groups in total. The lowest BCUT2D eigenvalue weighted by atomic mass is 9.71. The minimum Gasteiger partial charge on any atom is -0.486 e. The van der Waals surface area contributed by atoms with E-state index in [1.165, 1.54) is 44.1 Å². The highest BCUT2D eigenvalue weighted by molar-refractivity contribution is 5.85. The van der Waals surface area contributed by atoms with Gasteiger partial charge in [0, 0.05) is 11.5 Å². The molecule has 2 nitrogen and oxygen atoms in total. The molecule has 0 amide bonds. The van der Waals surface area contributed by atoms with Gasteiger partial charge in [-0.25, -0.2) is 0 Å². The molecule has 0 bridgehead atoms. The maximum Gasteiger partial charge on any atom is 0.123 e. The van der Waals surface area contributed by atoms with E-state index in [4.69, 9.17) is 4.74 Å². The lowest BCUT2D eigenvalue weighted by molar-refractivity contribution is 0.0239. The zero-order chi connectivity index (χ0) is 13.3. The lowest BCUT2D eigenvalue weighted by Crippen LogP contribution is -2.41. The second kappa shape index (κ2) is 6.36. The van der Waals surface area contributed by atoms with Crippen molar-refractivity contribution in [3.8, 4) is 5.75 Å². The molecule has 1 aromatic carbocycles. The maximum absolute atomic E-state index is 6.46. The van der Waals surface area contributed by atoms with Crippen molar-refractivity contribution in [2.75, 3.05) is 20.6 Å². The molecule has 1 aliphatic heterocycles. The van der Waals surface area contributed by atoms with E-state index in [1.807, 2.05) is 0 Å². The Bertz CT molecular complexity index is 448. The number of nitrogens with zero attached hydrogens (tertiary/aromatic N) is 1. The first kappa shape index (κ1) is 15.7. The molecule has 0 spiro atoms. The van der Waals surface area contributed by atoms with E-state index < -0.39 is 0 Å². The van der Waals surface area contributed by atoms with Crippen LogP contribution in [0.25, 0.3) is 0 Å². The van der Waals surface area contributed by atoms with Gasteiger partial charge in [-0.1, -0.05) is 24.6 Å². The van der Waals surface area contributed by atoms with Gasteiger partial charge >= 0.3 is 0 Å². The van der Waals surface area contributed by atoms with Crippen molar-refractivity contribution in [2.24, 2.45) is 0 Å². The fourth-order valence-corrected chi connectivity index (χ4v) is 3.90. The molecule has 2 atom stereocenters. The van der Waals surface area contributed by atoms with Crippen molar-refractivity contribution < 1.29 is 4.74 Å². The SMILES string of the molecule is CN(C)CCC[C@@]12CCCC[C@@H]1c1ccccc1O2.Cl. The Labute approximate surface area is 128 Å². The first-order chi connectivity index (χ1) is 9.21. The number of hydrogen-bond donors (Lipinski definition) is 0. The summed E-state index contributed by atoms with van der Waals surface area (Å²) >= 11 is 0. The predicted molar refractivity (Wildman–Crippen MR) is 86.0 cm³/mol. The topological polar surface area (TPSA) is 12.5 Å². The van der Waals surface area contributed by atoms with Gasteiger partial charge in [0.15, 0.2) is 0 Å². The van der Waals surface area contributed by atoms with Gasteiger partial charge in [-0.2, -0.15) is 0 Å². The summed E-state index contributed by atoms with van der Waals surface area (Å²) in [6.45, 7) is 1.16. The number of ether oxygens (including phenoxy) is 1. The van der Waals surface area contributed by atoms with E-state index in [0.717, 1.165) is 12.3 Å². The molecule has 1 aromatic rings. The van der Waals surface area contributed by atoms with Crippen molar-refractivity contribution in [1.82, 2.24) is 4.90 Å². The lowest BCUT2D eigenvalue weighted by Gasteiger charge is -2.38. The molecule has 112 valence electrons. The largest absolute Gasteiger partial charge is 0.486 e. The van der Waals surface area contributed by atoms with Crippen LogP contribution in [0.1, 0.15) is 50.0 Å². The Hall–Kier alpha value is -0.730. The quantitative estimate of drug-likeness (QED) is 0.824. The van der Waals surface area contributed by atoms with E-state index in [2.05, 4.69) is 43.3 Å². The van der Waals surface area contributed by atoms with Crippen LogP contribution in [-0.2, 0) is 0 Å². The molecule has 1 heterocycles. The van der Waals surface area contributed by atoms with Crippen molar-refractivity contribution in [3.63, 3.8) is 0 Å². The molecule has 3 heteroatoms. The van der Waals surface area contributed by atoms with Crippen LogP contribution in [0.2, 0.25) is 0 Å². The van der Waals surface area contributed by atoms with E-state index in [9.17, 15) is 0 Å². The van der Waals surface area contributed by atoms with Crippen LogP contribution in [0.5, 0.6) is 5.75 Å². The first-order valence-corrected chi connectivity index (χ1v) is 7.64. The van der Waals surface area contributed by atoms with E-state index >= 15 is 0 Å². The van der Waals surface area contributed by atoms with Crippen molar-refractivity contribution >= 4 is 12.4 Å². The van der Waals surface area contributed by atoms with Gasteiger partial charge in [0.25, 0.3) is 0 Å². The number of para-hydroxylation sites is 1. The highest BCUT2D eigenvalue weighted by atomic mass is 35.5. The van der Waals surface area contributed by atoms with E-state index in [-0.39, 0.29) is 18.0 Å². The molecule has 0 aromatic heterocycles. The fraction of sp³-hybridized carbons (Fsp3) is 0.647. The molecule has 2 aliphatic rings. The molecule has 1 fully saturated rings. The summed E-state index contributed by atoms with van der Waals surface area (Å²) in [5, 5.41) is 0. The van der Waals surface area contributed by atoms with Crippen LogP contribution >= 0.6 is 12.4 Å². The summed E-state index contributed by atoms with van der Waals surface area (Å²) < 4.78 is 6.46. The zero-order valence-corrected chi connectivity index (χ0v) is 13.4. The van der Waals surface area contributed by atoms with E-state index in [1.54, 1.807) is 0 Å². The second-order valence-corrected chi connectivity index (χ2v) is 6.41. The molecular formula is C17H26ClNO. The average molecular weight is 296 g/mol. The van der Waals surface area contributed by atoms with Gasteiger partial charge in [-0.15, -0.1) is 12.4 Å². The molecule has 3 rings (SSSR count). The fourth-order valence-electron chi connectivity index (χ4n) is 3.90. The van der Waals surface area contributed by atoms with Crippen LogP contribution < -0.4 is 4.74 Å². The number of hydrogen-bond acceptors (Lipinski definition) is 2. The number of fused-ring (bicyclic) bond motifs is 3. The standard InChI is InChI=1S/C17H25NO.ClH/c1-18(2)13-7-12-17-11-6-5-9-15(17)14-8-3-4-10-16(14)19-17;/h3-4,8,10,15H,5-7,9,11-13H2,1-2H3;1H/t15-,17+;/m1./s1. The minimum absolute atomic E-state index is 0. The molecule has 0 radical (unpaired) electrons. The van der Waals surface area contributed by atoms with Crippen LogP contribution in [0.15, 0.2) is 24.3 Å². The van der Waals surface area contributed by atoms with Crippen LogP contribution in [0, 0.1) is 0 Å². The molecule has 20 heavy (non-hydrogen) atoms. The van der Waals surface area contributed by atoms with Gasteiger partial charge in [-0.3, -0.25) is 0 Å². The number of halogens is 1. The summed E-state index contributed by atoms with van der Waals surface area (Å²) in [5.41, 5.74) is 1.57. The number of benzene rings is 1. The zero-order valence-electron chi connectivity index (χ0n) is 12.6. The van der Waals surface area contributed by atoms with Gasteiger partial charge in [-0.05, 0) is 58.8 Å². The van der Waals surface area contributed by atoms with Gasteiger partial charge in [0.05, 0.1) is 0 Å². The molecule has 1 aliphatic carbocycles. The summed E-state index contributed by atoms with van der Waals surface area (Å²) in [7, 11) is 4.31. The smallest absolute Gasteiger partial charge is 0.123 e. The summed E-state index contributed by atoms with van der Waals surface area (Å²) in [4.78, 5) is 2.27. The molecule has 1 saturated carbocycles. The maximum atomic E-state index is 6.46. The normalized spacial score (nSPS) is 27.4. The average Bonchev–Trinajstić information content (AvgIpc) is 2.72. The monoisotopic (exact) mass is 295 g/mol. The molecule has 0 unspecified atom stereocenters. The van der Waals surface area contributed by atoms with Crippen molar-refractivity contribution in [2.45, 2.75) is 50.0 Å². The number of rotatable bonds is 4. The minimum atomic E-state index is 0. The Morgan fingerprint density at radius 2 is 2.05 bits per heavy atom. The van der Waals surface area contributed by atoms with Crippen LogP contribution in [-0.4, -0.2) is 31.1 Å². The highest BCUT2D eigenvalue weighted by Crippen LogP contribution is 2.53. The summed E-state index contributed by atoms with van der Waals surface area (Å²) in [6.07, 6.45) is 7.66. The van der Waals surface area contributed by atoms with Crippen LogP contribution in [0.4, 0.5) is 0 Å². The Kier molecular flexibility index (Phi) is 4.98. The van der Waals surface area contributed by atoms with Crippen molar-refractivity contribution in [3.05, 3.63) is 29.8 Å². The third-order valence-electron chi connectivity index (χ3n) is 4.79. The second-order valence-electron chi connectivity index (χ2n) is 6.41. The Morgan fingerprint density at radius 3 is 2.85 bits per heavy atom. The third-order valence-corrected chi connectivity index (χ3v) is 4.79.